The Hall–Kier alpha value is -2.32. The summed E-state index contributed by atoms with van der Waals surface area (Å²) in [5.74, 6) is 0. The lowest BCUT2D eigenvalue weighted by atomic mass is 10.1. The molecule has 3 heteroatoms. The summed E-state index contributed by atoms with van der Waals surface area (Å²) in [6.07, 6.45) is 0.847. The number of carbonyl (C=O) groups excluding carboxylic acids is 1. The Morgan fingerprint density at radius 1 is 0.700 bits per heavy atom. The van der Waals surface area contributed by atoms with Crippen molar-refractivity contribution < 1.29 is 17.2 Å². The summed E-state index contributed by atoms with van der Waals surface area (Å²) in [6, 6.07) is 23.8. The Morgan fingerprint density at radius 3 is 2.05 bits per heavy atom. The first-order chi connectivity index (χ1) is 9.38. The van der Waals surface area contributed by atoms with Gasteiger partial charge in [0.25, 0.3) is 0 Å². The molecular weight excluding hydrogens is 270 g/mol. The van der Waals surface area contributed by atoms with Crippen molar-refractivity contribution in [3.8, 4) is 0 Å². The number of benzene rings is 3. The molecule has 0 aliphatic rings. The maximum absolute atomic E-state index is 11.4. The summed E-state index contributed by atoms with van der Waals surface area (Å²) < 4.78 is 0. The highest BCUT2D eigenvalue weighted by Crippen LogP contribution is 2.26. The molecule has 0 spiro atoms. The molecule has 0 unspecified atom stereocenters. The standard InChI is InChI=1S/C17H13NO.ClH/c19-13-18(16-8-2-1-3-9-16)17-11-10-14-6-4-5-7-15(14)12-17;/h1-13H;1H/p-1. The Bertz CT molecular complexity index is 712. The van der Waals surface area contributed by atoms with Gasteiger partial charge in [-0.1, -0.05) is 48.5 Å². The van der Waals surface area contributed by atoms with Crippen LogP contribution in [0.4, 0.5) is 11.4 Å². The molecule has 0 N–H and O–H groups in total. The van der Waals surface area contributed by atoms with Crippen LogP contribution in [0.2, 0.25) is 0 Å². The molecule has 0 saturated carbocycles. The van der Waals surface area contributed by atoms with Gasteiger partial charge in [-0.25, -0.2) is 0 Å². The summed E-state index contributed by atoms with van der Waals surface area (Å²) in [6.45, 7) is 0. The molecule has 0 heterocycles. The van der Waals surface area contributed by atoms with Crippen molar-refractivity contribution in [3.05, 3.63) is 72.8 Å². The quantitative estimate of drug-likeness (QED) is 0.660. The van der Waals surface area contributed by atoms with Gasteiger partial charge in [0.2, 0.25) is 6.41 Å². The SMILES string of the molecule is O=CN(c1ccccc1)c1ccc2ccccc2c1.[Cl-]. The normalized spacial score (nSPS) is 9.80. The van der Waals surface area contributed by atoms with E-state index >= 15 is 0 Å². The summed E-state index contributed by atoms with van der Waals surface area (Å²) in [7, 11) is 0. The minimum atomic E-state index is 0. The fraction of sp³-hybridized carbons (Fsp3) is 0. The van der Waals surface area contributed by atoms with Crippen LogP contribution >= 0.6 is 0 Å². The van der Waals surface area contributed by atoms with Gasteiger partial charge in [-0.2, -0.15) is 0 Å². The zero-order chi connectivity index (χ0) is 13.1. The molecule has 3 rings (SSSR count). The molecular formula is C17H13ClNO-. The summed E-state index contributed by atoms with van der Waals surface area (Å²) in [4.78, 5) is 13.0. The molecule has 0 aliphatic carbocycles. The maximum Gasteiger partial charge on any atom is 0.218 e. The monoisotopic (exact) mass is 282 g/mol. The van der Waals surface area contributed by atoms with E-state index in [0.717, 1.165) is 23.2 Å². The average molecular weight is 283 g/mol. The van der Waals surface area contributed by atoms with Gasteiger partial charge in [-0.15, -0.1) is 0 Å². The van der Waals surface area contributed by atoms with Crippen LogP contribution in [0.15, 0.2) is 72.8 Å². The van der Waals surface area contributed by atoms with Crippen LogP contribution in [-0.2, 0) is 4.79 Å². The summed E-state index contributed by atoms with van der Waals surface area (Å²) >= 11 is 0. The topological polar surface area (TPSA) is 20.3 Å². The smallest absolute Gasteiger partial charge is 0.218 e. The zero-order valence-corrected chi connectivity index (χ0v) is 11.5. The summed E-state index contributed by atoms with van der Waals surface area (Å²) in [5, 5.41) is 2.30. The van der Waals surface area contributed by atoms with Gasteiger partial charge >= 0.3 is 0 Å². The average Bonchev–Trinajstić information content (AvgIpc) is 2.49. The number of amides is 1. The van der Waals surface area contributed by atoms with E-state index in [9.17, 15) is 4.79 Å². The number of hydrogen-bond donors (Lipinski definition) is 0. The molecule has 100 valence electrons. The highest BCUT2D eigenvalue weighted by Gasteiger charge is 2.07. The van der Waals surface area contributed by atoms with E-state index in [1.807, 2.05) is 66.7 Å². The number of nitrogens with zero attached hydrogens (tertiary/aromatic N) is 1. The van der Waals surface area contributed by atoms with E-state index in [1.165, 1.54) is 5.39 Å². The van der Waals surface area contributed by atoms with Gasteiger partial charge in [0.15, 0.2) is 0 Å². The molecule has 0 aliphatic heterocycles. The lowest BCUT2D eigenvalue weighted by Crippen LogP contribution is -3.00. The van der Waals surface area contributed by atoms with E-state index in [4.69, 9.17) is 0 Å². The van der Waals surface area contributed by atoms with Crippen molar-refractivity contribution in [2.45, 2.75) is 0 Å². The number of rotatable bonds is 3. The molecule has 2 nitrogen and oxygen atoms in total. The second kappa shape index (κ2) is 6.22. The van der Waals surface area contributed by atoms with E-state index in [1.54, 1.807) is 4.90 Å². The van der Waals surface area contributed by atoms with Gasteiger partial charge in [-0.3, -0.25) is 9.69 Å². The zero-order valence-electron chi connectivity index (χ0n) is 10.7. The molecule has 0 fully saturated rings. The fourth-order valence-corrected chi connectivity index (χ4v) is 2.19. The Balaban J connectivity index is 0.00000147. The number of para-hydroxylation sites is 1. The Labute approximate surface area is 124 Å². The van der Waals surface area contributed by atoms with Gasteiger partial charge in [0.05, 0.1) is 0 Å². The second-order valence-electron chi connectivity index (χ2n) is 4.34. The van der Waals surface area contributed by atoms with Crippen molar-refractivity contribution in [2.24, 2.45) is 0 Å². The van der Waals surface area contributed by atoms with E-state index in [2.05, 4.69) is 6.07 Å². The fourth-order valence-electron chi connectivity index (χ4n) is 2.19. The van der Waals surface area contributed by atoms with Crippen LogP contribution in [0.5, 0.6) is 0 Å². The highest BCUT2D eigenvalue weighted by molar-refractivity contribution is 5.92. The maximum atomic E-state index is 11.4. The van der Waals surface area contributed by atoms with Crippen molar-refractivity contribution in [1.82, 2.24) is 0 Å². The number of hydrogen-bond acceptors (Lipinski definition) is 1. The summed E-state index contributed by atoms with van der Waals surface area (Å²) in [5.41, 5.74) is 1.74. The lowest BCUT2D eigenvalue weighted by Gasteiger charge is -2.18. The minimum absolute atomic E-state index is 0. The lowest BCUT2D eigenvalue weighted by molar-refractivity contribution is -0.106. The predicted molar refractivity (Wildman–Crippen MR) is 78.6 cm³/mol. The first kappa shape index (κ1) is 14.1. The molecule has 0 aromatic heterocycles. The van der Waals surface area contributed by atoms with E-state index in [-0.39, 0.29) is 12.4 Å². The van der Waals surface area contributed by atoms with Crippen LogP contribution in [-0.4, -0.2) is 6.41 Å². The van der Waals surface area contributed by atoms with Crippen LogP contribution in [0.1, 0.15) is 0 Å². The van der Waals surface area contributed by atoms with Crippen molar-refractivity contribution >= 4 is 28.6 Å². The molecule has 1 amide bonds. The molecule has 20 heavy (non-hydrogen) atoms. The number of fused-ring (bicyclic) bond motifs is 1. The van der Waals surface area contributed by atoms with Crippen molar-refractivity contribution in [1.29, 1.82) is 0 Å². The third-order valence-corrected chi connectivity index (χ3v) is 3.15. The third-order valence-electron chi connectivity index (χ3n) is 3.15. The van der Waals surface area contributed by atoms with Gasteiger partial charge in [-0.05, 0) is 35.0 Å². The van der Waals surface area contributed by atoms with Crippen LogP contribution < -0.4 is 17.3 Å². The van der Waals surface area contributed by atoms with E-state index in [0.29, 0.717) is 0 Å². The third kappa shape index (κ3) is 2.65. The molecule has 3 aromatic rings. The van der Waals surface area contributed by atoms with Gasteiger partial charge in [0.1, 0.15) is 0 Å². The molecule has 0 radical (unpaired) electrons. The minimum Gasteiger partial charge on any atom is -1.00 e. The van der Waals surface area contributed by atoms with Crippen LogP contribution in [0.3, 0.4) is 0 Å². The van der Waals surface area contributed by atoms with Crippen molar-refractivity contribution in [3.63, 3.8) is 0 Å². The predicted octanol–water partition coefficient (Wildman–Crippen LogP) is 1.14. The molecule has 3 aromatic carbocycles. The second-order valence-corrected chi connectivity index (χ2v) is 4.34. The molecule has 0 atom stereocenters. The number of anilines is 2. The molecule has 0 saturated heterocycles. The van der Waals surface area contributed by atoms with Crippen LogP contribution in [0.25, 0.3) is 10.8 Å². The number of carbonyl (C=O) groups is 1. The van der Waals surface area contributed by atoms with E-state index < -0.39 is 0 Å². The van der Waals surface area contributed by atoms with Crippen molar-refractivity contribution in [2.75, 3.05) is 4.90 Å². The number of halogens is 1. The Kier molecular flexibility index (Phi) is 4.38. The van der Waals surface area contributed by atoms with Gasteiger partial charge < -0.3 is 12.4 Å². The van der Waals surface area contributed by atoms with Crippen LogP contribution in [0, 0.1) is 0 Å². The molecule has 0 bridgehead atoms. The first-order valence-corrected chi connectivity index (χ1v) is 6.17. The Morgan fingerprint density at radius 2 is 1.35 bits per heavy atom. The largest absolute Gasteiger partial charge is 1.00 e. The highest BCUT2D eigenvalue weighted by atomic mass is 35.5. The van der Waals surface area contributed by atoms with Gasteiger partial charge in [0, 0.05) is 11.4 Å². The first-order valence-electron chi connectivity index (χ1n) is 6.17.